The third-order valence-electron chi connectivity index (χ3n) is 4.82. The number of esters is 1. The first-order valence-electron chi connectivity index (χ1n) is 9.47. The van der Waals surface area contributed by atoms with Crippen LogP contribution in [0.25, 0.3) is 16.8 Å². The van der Waals surface area contributed by atoms with Gasteiger partial charge in [0, 0.05) is 22.8 Å². The van der Waals surface area contributed by atoms with Crippen LogP contribution in [0.3, 0.4) is 0 Å². The Bertz CT molecular complexity index is 1210. The van der Waals surface area contributed by atoms with E-state index >= 15 is 0 Å². The lowest BCUT2D eigenvalue weighted by atomic mass is 10.0. The number of benzene rings is 1. The molecule has 0 saturated heterocycles. The molecule has 0 saturated carbocycles. The number of carbonyl (C=O) groups is 2. The molecular weight excluding hydrogens is 398 g/mol. The van der Waals surface area contributed by atoms with Crippen molar-refractivity contribution in [2.75, 3.05) is 12.4 Å². The Balaban J connectivity index is 1.64. The molecule has 0 aliphatic rings. The van der Waals surface area contributed by atoms with Gasteiger partial charge in [-0.3, -0.25) is 4.79 Å². The predicted octanol–water partition coefficient (Wildman–Crippen LogP) is 4.65. The van der Waals surface area contributed by atoms with Crippen LogP contribution >= 0.6 is 11.3 Å². The summed E-state index contributed by atoms with van der Waals surface area (Å²) in [5, 5.41) is 3.38. The Morgan fingerprint density at radius 2 is 1.90 bits per heavy atom. The molecule has 0 atom stereocenters. The smallest absolute Gasteiger partial charge is 0.341 e. The summed E-state index contributed by atoms with van der Waals surface area (Å²) in [6, 6.07) is 13.6. The fourth-order valence-corrected chi connectivity index (χ4v) is 4.49. The minimum Gasteiger partial charge on any atom is -0.465 e. The zero-order valence-electron chi connectivity index (χ0n) is 16.9. The Labute approximate surface area is 178 Å². The van der Waals surface area contributed by atoms with Gasteiger partial charge in [-0.2, -0.15) is 0 Å². The summed E-state index contributed by atoms with van der Waals surface area (Å²) in [7, 11) is 1.34. The SMILES string of the molecule is COC(=O)c1c(NC(=O)Cc2cn3ccccc3n2)sc(C)c1-c1ccc(C)cc1. The standard InChI is InChI=1S/C23H21N3O3S/c1-14-7-9-16(10-8-14)20-15(2)30-22(21(20)23(28)29-3)25-19(27)12-17-13-26-11-5-4-6-18(26)24-17/h4-11,13H,12H2,1-3H3,(H,25,27). The normalized spacial score (nSPS) is 10.9. The predicted molar refractivity (Wildman–Crippen MR) is 118 cm³/mol. The van der Waals surface area contributed by atoms with Gasteiger partial charge in [0.25, 0.3) is 0 Å². The van der Waals surface area contributed by atoms with Gasteiger partial charge in [-0.05, 0) is 31.5 Å². The monoisotopic (exact) mass is 419 g/mol. The van der Waals surface area contributed by atoms with E-state index in [1.807, 2.05) is 73.1 Å². The number of thiophene rings is 1. The molecule has 0 radical (unpaired) electrons. The van der Waals surface area contributed by atoms with Crippen LogP contribution in [0, 0.1) is 13.8 Å². The third kappa shape index (κ3) is 3.84. The average Bonchev–Trinajstić information content (AvgIpc) is 3.27. The highest BCUT2D eigenvalue weighted by atomic mass is 32.1. The van der Waals surface area contributed by atoms with Crippen molar-refractivity contribution in [2.24, 2.45) is 0 Å². The van der Waals surface area contributed by atoms with E-state index in [0.717, 1.165) is 27.2 Å². The third-order valence-corrected chi connectivity index (χ3v) is 5.84. The molecule has 3 aromatic heterocycles. The van der Waals surface area contributed by atoms with Crippen LogP contribution in [0.15, 0.2) is 54.9 Å². The number of pyridine rings is 1. The molecule has 4 rings (SSSR count). The van der Waals surface area contributed by atoms with Crippen molar-refractivity contribution in [3.05, 3.63) is 76.6 Å². The summed E-state index contributed by atoms with van der Waals surface area (Å²) in [6.07, 6.45) is 3.82. The Morgan fingerprint density at radius 3 is 2.60 bits per heavy atom. The number of carbonyl (C=O) groups excluding carboxylic acids is 2. The summed E-state index contributed by atoms with van der Waals surface area (Å²) >= 11 is 1.37. The molecular formula is C23H21N3O3S. The van der Waals surface area contributed by atoms with E-state index < -0.39 is 5.97 Å². The van der Waals surface area contributed by atoms with Gasteiger partial charge in [0.1, 0.15) is 16.2 Å². The fourth-order valence-electron chi connectivity index (χ4n) is 3.41. The number of fused-ring (bicyclic) bond motifs is 1. The number of nitrogens with one attached hydrogen (secondary N) is 1. The first-order valence-corrected chi connectivity index (χ1v) is 10.3. The largest absolute Gasteiger partial charge is 0.465 e. The minimum absolute atomic E-state index is 0.110. The van der Waals surface area contributed by atoms with E-state index in [1.165, 1.54) is 18.4 Å². The van der Waals surface area contributed by atoms with Gasteiger partial charge in [-0.25, -0.2) is 9.78 Å². The van der Waals surface area contributed by atoms with Crippen molar-refractivity contribution in [3.63, 3.8) is 0 Å². The number of hydrogen-bond acceptors (Lipinski definition) is 5. The number of ether oxygens (including phenoxy) is 1. The fraction of sp³-hybridized carbons (Fsp3) is 0.174. The summed E-state index contributed by atoms with van der Waals surface area (Å²) in [6.45, 7) is 3.94. The maximum absolute atomic E-state index is 12.7. The van der Waals surface area contributed by atoms with Crippen LogP contribution in [0.4, 0.5) is 5.00 Å². The van der Waals surface area contributed by atoms with E-state index in [9.17, 15) is 9.59 Å². The molecule has 0 spiro atoms. The molecule has 0 aliphatic heterocycles. The second-order valence-corrected chi connectivity index (χ2v) is 8.24. The highest BCUT2D eigenvalue weighted by molar-refractivity contribution is 7.17. The molecule has 0 aliphatic carbocycles. The first-order chi connectivity index (χ1) is 14.5. The van der Waals surface area contributed by atoms with Crippen molar-refractivity contribution in [2.45, 2.75) is 20.3 Å². The maximum atomic E-state index is 12.7. The van der Waals surface area contributed by atoms with Crippen molar-refractivity contribution in [1.29, 1.82) is 0 Å². The van der Waals surface area contributed by atoms with Gasteiger partial charge in [0.2, 0.25) is 5.91 Å². The highest BCUT2D eigenvalue weighted by Crippen LogP contribution is 2.40. The lowest BCUT2D eigenvalue weighted by Gasteiger charge is -2.08. The van der Waals surface area contributed by atoms with Crippen LogP contribution in [-0.4, -0.2) is 28.4 Å². The lowest BCUT2D eigenvalue weighted by molar-refractivity contribution is -0.115. The van der Waals surface area contributed by atoms with Crippen LogP contribution < -0.4 is 5.32 Å². The zero-order chi connectivity index (χ0) is 21.3. The molecule has 0 fully saturated rings. The number of methoxy groups -OCH3 is 1. The van der Waals surface area contributed by atoms with Gasteiger partial charge in [-0.15, -0.1) is 11.3 Å². The van der Waals surface area contributed by atoms with E-state index in [1.54, 1.807) is 0 Å². The molecule has 7 heteroatoms. The number of amides is 1. The van der Waals surface area contributed by atoms with E-state index in [2.05, 4.69) is 10.3 Å². The van der Waals surface area contributed by atoms with Crippen LogP contribution in [0.5, 0.6) is 0 Å². The van der Waals surface area contributed by atoms with Gasteiger partial charge >= 0.3 is 5.97 Å². The van der Waals surface area contributed by atoms with Crippen LogP contribution in [0.2, 0.25) is 0 Å². The quantitative estimate of drug-likeness (QED) is 0.478. The minimum atomic E-state index is -0.474. The molecule has 1 amide bonds. The number of aryl methyl sites for hydroxylation is 2. The summed E-state index contributed by atoms with van der Waals surface area (Å²) in [4.78, 5) is 30.7. The van der Waals surface area contributed by atoms with Crippen LogP contribution in [-0.2, 0) is 16.0 Å². The number of aromatic nitrogens is 2. The first kappa shape index (κ1) is 19.8. The Morgan fingerprint density at radius 1 is 1.13 bits per heavy atom. The van der Waals surface area contributed by atoms with E-state index in [0.29, 0.717) is 16.3 Å². The van der Waals surface area contributed by atoms with Gasteiger partial charge in [0.15, 0.2) is 0 Å². The van der Waals surface area contributed by atoms with Crippen molar-refractivity contribution < 1.29 is 14.3 Å². The molecule has 30 heavy (non-hydrogen) atoms. The van der Waals surface area contributed by atoms with Crippen molar-refractivity contribution in [3.8, 4) is 11.1 Å². The maximum Gasteiger partial charge on any atom is 0.341 e. The van der Waals surface area contributed by atoms with Crippen LogP contribution in [0.1, 0.15) is 26.5 Å². The van der Waals surface area contributed by atoms with E-state index in [-0.39, 0.29) is 12.3 Å². The second kappa shape index (κ2) is 8.12. The van der Waals surface area contributed by atoms with Gasteiger partial charge in [0.05, 0.1) is 19.2 Å². The molecule has 1 aromatic carbocycles. The lowest BCUT2D eigenvalue weighted by Crippen LogP contribution is -2.16. The number of rotatable bonds is 5. The molecule has 4 aromatic rings. The van der Waals surface area contributed by atoms with Gasteiger partial charge in [-0.1, -0.05) is 35.9 Å². The summed E-state index contributed by atoms with van der Waals surface area (Å²) in [5.41, 5.74) is 4.65. The van der Waals surface area contributed by atoms with Crippen molar-refractivity contribution in [1.82, 2.24) is 9.38 Å². The Kier molecular flexibility index (Phi) is 5.37. The zero-order valence-corrected chi connectivity index (χ0v) is 17.7. The topological polar surface area (TPSA) is 72.7 Å². The molecule has 0 bridgehead atoms. The van der Waals surface area contributed by atoms with Crippen molar-refractivity contribution >= 4 is 33.9 Å². The van der Waals surface area contributed by atoms with E-state index in [4.69, 9.17) is 4.74 Å². The van der Waals surface area contributed by atoms with Gasteiger partial charge < -0.3 is 14.5 Å². The molecule has 3 heterocycles. The summed E-state index contributed by atoms with van der Waals surface area (Å²) < 4.78 is 6.88. The molecule has 0 unspecified atom stereocenters. The number of nitrogens with zero attached hydrogens (tertiary/aromatic N) is 2. The number of hydrogen-bond donors (Lipinski definition) is 1. The average molecular weight is 420 g/mol. The molecule has 6 nitrogen and oxygen atoms in total. The number of imidazole rings is 1. The number of anilines is 1. The Hall–Kier alpha value is -3.45. The molecule has 1 N–H and O–H groups in total. The summed E-state index contributed by atoms with van der Waals surface area (Å²) in [5.74, 6) is -0.710. The molecule has 152 valence electrons. The second-order valence-electron chi connectivity index (χ2n) is 7.02. The highest BCUT2D eigenvalue weighted by Gasteiger charge is 2.25.